The van der Waals surface area contributed by atoms with E-state index in [9.17, 15) is 10.2 Å². The van der Waals surface area contributed by atoms with Crippen molar-refractivity contribution in [3.63, 3.8) is 0 Å². The van der Waals surface area contributed by atoms with Crippen molar-refractivity contribution in [1.82, 2.24) is 0 Å². The van der Waals surface area contributed by atoms with Gasteiger partial charge in [0.05, 0.1) is 11.6 Å². The molecule has 2 aromatic carbocycles. The predicted molar refractivity (Wildman–Crippen MR) is 84.4 cm³/mol. The van der Waals surface area contributed by atoms with Crippen LogP contribution in [0.5, 0.6) is 17.2 Å². The fourth-order valence-corrected chi connectivity index (χ4v) is 2.30. The molecule has 21 heavy (non-hydrogen) atoms. The molecule has 0 heterocycles. The summed E-state index contributed by atoms with van der Waals surface area (Å²) in [5, 5.41) is 22.8. The van der Waals surface area contributed by atoms with Crippen LogP contribution < -0.4 is 10.1 Å². The Labute approximate surface area is 129 Å². The number of phenols is 2. The van der Waals surface area contributed by atoms with Gasteiger partial charge in [0.25, 0.3) is 0 Å². The molecule has 2 rings (SSSR count). The van der Waals surface area contributed by atoms with Gasteiger partial charge in [-0.05, 0) is 49.7 Å². The maximum absolute atomic E-state index is 9.52. The van der Waals surface area contributed by atoms with Crippen LogP contribution in [0.4, 0.5) is 5.69 Å². The van der Waals surface area contributed by atoms with Crippen molar-refractivity contribution in [2.45, 2.75) is 19.9 Å². The fourth-order valence-electron chi connectivity index (χ4n) is 2.06. The lowest BCUT2D eigenvalue weighted by atomic mass is 10.1. The quantitative estimate of drug-likeness (QED) is 0.769. The lowest BCUT2D eigenvalue weighted by molar-refractivity contribution is 0.340. The Morgan fingerprint density at radius 1 is 1.14 bits per heavy atom. The zero-order valence-corrected chi connectivity index (χ0v) is 12.7. The van der Waals surface area contributed by atoms with Crippen LogP contribution in [0.15, 0.2) is 36.4 Å². The van der Waals surface area contributed by atoms with Crippen LogP contribution >= 0.6 is 11.6 Å². The van der Waals surface area contributed by atoms with Crippen LogP contribution in [-0.2, 0) is 0 Å². The van der Waals surface area contributed by atoms with Gasteiger partial charge in [-0.2, -0.15) is 0 Å². The van der Waals surface area contributed by atoms with Gasteiger partial charge >= 0.3 is 0 Å². The molecule has 2 aromatic rings. The minimum absolute atomic E-state index is 0.0309. The van der Waals surface area contributed by atoms with Crippen LogP contribution in [0.2, 0.25) is 5.02 Å². The van der Waals surface area contributed by atoms with E-state index < -0.39 is 0 Å². The highest BCUT2D eigenvalue weighted by atomic mass is 35.5. The van der Waals surface area contributed by atoms with E-state index in [1.807, 2.05) is 19.9 Å². The maximum atomic E-state index is 9.52. The van der Waals surface area contributed by atoms with Gasteiger partial charge in [0, 0.05) is 17.8 Å². The first-order valence-electron chi connectivity index (χ1n) is 6.71. The average molecular weight is 308 g/mol. The first-order chi connectivity index (χ1) is 9.99. The van der Waals surface area contributed by atoms with E-state index in [0.29, 0.717) is 17.4 Å². The summed E-state index contributed by atoms with van der Waals surface area (Å²) < 4.78 is 5.39. The molecule has 3 N–H and O–H groups in total. The largest absolute Gasteiger partial charge is 0.508 e. The molecule has 0 fully saturated rings. The molecule has 0 bridgehead atoms. The van der Waals surface area contributed by atoms with Crippen LogP contribution in [-0.4, -0.2) is 16.8 Å². The Morgan fingerprint density at radius 3 is 2.38 bits per heavy atom. The molecular weight excluding hydrogens is 290 g/mol. The molecular formula is C16H18ClNO3. The lowest BCUT2D eigenvalue weighted by Crippen LogP contribution is -2.06. The Balaban J connectivity index is 2.15. The number of hydrogen-bond acceptors (Lipinski definition) is 4. The van der Waals surface area contributed by atoms with Crippen molar-refractivity contribution in [3.05, 3.63) is 47.0 Å². The first kappa shape index (κ1) is 15.3. The second kappa shape index (κ2) is 6.59. The minimum Gasteiger partial charge on any atom is -0.508 e. The normalized spacial score (nSPS) is 12.0. The number of aromatic hydroxyl groups is 2. The third-order valence-corrected chi connectivity index (χ3v) is 3.34. The molecule has 4 nitrogen and oxygen atoms in total. The smallest absolute Gasteiger partial charge is 0.138 e. The summed E-state index contributed by atoms with van der Waals surface area (Å²) in [6, 6.07) is 9.87. The number of nitrogens with one attached hydrogen (secondary N) is 1. The van der Waals surface area contributed by atoms with Gasteiger partial charge in [0.1, 0.15) is 17.2 Å². The summed E-state index contributed by atoms with van der Waals surface area (Å²) in [5.74, 6) is 0.708. The highest BCUT2D eigenvalue weighted by Gasteiger charge is 2.09. The fraction of sp³-hybridized carbons (Fsp3) is 0.250. The molecule has 0 aliphatic rings. The van der Waals surface area contributed by atoms with E-state index in [1.54, 1.807) is 24.3 Å². The van der Waals surface area contributed by atoms with Gasteiger partial charge in [0.15, 0.2) is 0 Å². The van der Waals surface area contributed by atoms with Crippen molar-refractivity contribution in [2.24, 2.45) is 0 Å². The molecule has 0 aromatic heterocycles. The molecule has 0 radical (unpaired) electrons. The molecule has 0 amide bonds. The van der Waals surface area contributed by atoms with Gasteiger partial charge in [-0.15, -0.1) is 0 Å². The van der Waals surface area contributed by atoms with Crippen LogP contribution in [0.1, 0.15) is 25.5 Å². The van der Waals surface area contributed by atoms with Crippen molar-refractivity contribution in [1.29, 1.82) is 0 Å². The highest BCUT2D eigenvalue weighted by Crippen LogP contribution is 2.31. The average Bonchev–Trinajstić information content (AvgIpc) is 2.41. The number of halogens is 1. The number of phenolic OH excluding ortho intramolecular Hbond substituents is 2. The van der Waals surface area contributed by atoms with E-state index in [-0.39, 0.29) is 17.5 Å². The van der Waals surface area contributed by atoms with Crippen LogP contribution in [0.3, 0.4) is 0 Å². The first-order valence-corrected chi connectivity index (χ1v) is 7.09. The third-order valence-electron chi connectivity index (χ3n) is 3.04. The highest BCUT2D eigenvalue weighted by molar-refractivity contribution is 6.32. The number of hydrogen-bond donors (Lipinski definition) is 3. The van der Waals surface area contributed by atoms with Crippen molar-refractivity contribution in [3.8, 4) is 17.2 Å². The zero-order chi connectivity index (χ0) is 15.4. The summed E-state index contributed by atoms with van der Waals surface area (Å²) in [6.07, 6.45) is 0. The van der Waals surface area contributed by atoms with Gasteiger partial charge in [-0.3, -0.25) is 0 Å². The van der Waals surface area contributed by atoms with E-state index in [0.717, 1.165) is 11.3 Å². The second-order valence-corrected chi connectivity index (χ2v) is 5.13. The van der Waals surface area contributed by atoms with Crippen molar-refractivity contribution >= 4 is 17.3 Å². The SMILES string of the molecule is CCOc1ccc(NC(C)c2cc(O)cc(O)c2)cc1Cl. The summed E-state index contributed by atoms with van der Waals surface area (Å²) in [4.78, 5) is 0. The molecule has 0 saturated heterocycles. The van der Waals surface area contributed by atoms with Gasteiger partial charge in [0.2, 0.25) is 0 Å². The summed E-state index contributed by atoms with van der Waals surface area (Å²) in [7, 11) is 0. The third kappa shape index (κ3) is 3.95. The molecule has 1 unspecified atom stereocenters. The standard InChI is InChI=1S/C16H18ClNO3/c1-3-21-16-5-4-12(8-15(16)17)18-10(2)11-6-13(19)9-14(20)7-11/h4-10,18-20H,3H2,1-2H3. The topological polar surface area (TPSA) is 61.7 Å². The molecule has 0 aliphatic heterocycles. The molecule has 0 aliphatic carbocycles. The minimum atomic E-state index is -0.1000. The number of rotatable bonds is 5. The van der Waals surface area contributed by atoms with E-state index in [2.05, 4.69) is 5.32 Å². The Hall–Kier alpha value is -2.07. The van der Waals surface area contributed by atoms with E-state index in [4.69, 9.17) is 16.3 Å². The van der Waals surface area contributed by atoms with Crippen LogP contribution in [0.25, 0.3) is 0 Å². The molecule has 112 valence electrons. The van der Waals surface area contributed by atoms with Gasteiger partial charge in [-0.25, -0.2) is 0 Å². The van der Waals surface area contributed by atoms with E-state index in [1.165, 1.54) is 6.07 Å². The summed E-state index contributed by atoms with van der Waals surface area (Å²) >= 11 is 6.14. The Bertz CT molecular complexity index is 611. The lowest BCUT2D eigenvalue weighted by Gasteiger charge is -2.17. The number of benzene rings is 2. The van der Waals surface area contributed by atoms with Crippen molar-refractivity contribution < 1.29 is 14.9 Å². The molecule has 1 atom stereocenters. The predicted octanol–water partition coefficient (Wildman–Crippen LogP) is 4.32. The molecule has 0 saturated carbocycles. The monoisotopic (exact) mass is 307 g/mol. The number of anilines is 1. The Morgan fingerprint density at radius 2 is 1.81 bits per heavy atom. The number of ether oxygens (including phenoxy) is 1. The molecule has 5 heteroatoms. The Kier molecular flexibility index (Phi) is 4.81. The van der Waals surface area contributed by atoms with Gasteiger partial charge < -0.3 is 20.3 Å². The van der Waals surface area contributed by atoms with Crippen molar-refractivity contribution in [2.75, 3.05) is 11.9 Å². The maximum Gasteiger partial charge on any atom is 0.138 e. The molecule has 0 spiro atoms. The summed E-state index contributed by atoms with van der Waals surface area (Å²) in [6.45, 7) is 4.39. The second-order valence-electron chi connectivity index (χ2n) is 4.73. The van der Waals surface area contributed by atoms with E-state index >= 15 is 0 Å². The summed E-state index contributed by atoms with van der Waals surface area (Å²) in [5.41, 5.74) is 1.61. The van der Waals surface area contributed by atoms with Gasteiger partial charge in [-0.1, -0.05) is 11.6 Å². The zero-order valence-electron chi connectivity index (χ0n) is 11.9. The van der Waals surface area contributed by atoms with Crippen LogP contribution in [0, 0.1) is 0 Å².